The Morgan fingerprint density at radius 1 is 1.02 bits per heavy atom. The maximum Gasteiger partial charge on any atom is 0.339 e. The van der Waals surface area contributed by atoms with E-state index in [4.69, 9.17) is 9.47 Å². The maximum absolute atomic E-state index is 13.4. The number of nitrogens with one attached hydrogen (secondary N) is 1. The molecule has 0 radical (unpaired) electrons. The minimum absolute atomic E-state index is 0.0207. The highest BCUT2D eigenvalue weighted by Gasteiger charge is 2.26. The van der Waals surface area contributed by atoms with Crippen LogP contribution < -0.4 is 24.8 Å². The molecule has 10 heteroatoms. The number of carboxylic acid groups (broad SMARTS) is 1. The molecule has 44 heavy (non-hydrogen) atoms. The highest BCUT2D eigenvalue weighted by atomic mass is 79.9. The fraction of sp³-hybridized carbons (Fsp3) is 0.235. The average Bonchev–Trinajstić information content (AvgIpc) is 3.04. The maximum atomic E-state index is 13.4. The third-order valence-electron chi connectivity index (χ3n) is 7.57. The number of hydrogen-bond donors (Lipinski definition) is 2. The normalized spacial score (nSPS) is 13.7. The van der Waals surface area contributed by atoms with Gasteiger partial charge in [-0.2, -0.15) is 0 Å². The van der Waals surface area contributed by atoms with Crippen LogP contribution >= 0.6 is 15.9 Å². The molecule has 1 fully saturated rings. The number of rotatable bonds is 11. The number of ether oxygens (including phenoxy) is 2. The Kier molecular flexibility index (Phi) is 9.82. The van der Waals surface area contributed by atoms with Crippen LogP contribution in [0.25, 0.3) is 0 Å². The number of hydrogen-bond acceptors (Lipinski definition) is 7. The number of piperidine rings is 1. The molecule has 5 rings (SSSR count). The fourth-order valence-corrected chi connectivity index (χ4v) is 5.94. The topological polar surface area (TPSA) is 91.3 Å². The molecule has 0 aliphatic carbocycles. The van der Waals surface area contributed by atoms with E-state index in [9.17, 15) is 19.1 Å². The molecule has 1 unspecified atom stereocenters. The standard InChI is InChI=1S/C34H33BrFN3O5/c1-22-7-6-8-31(38-17-4-3-5-18-38)33(22)39(24-11-15-26(16-12-24)44-25-13-9-23(36)10-14-25)37-30(21-40)27-20-32(43-2)28(34(41)42)19-29(27)35/h6-16,19-21,30,37H,3-5,17-18H2,1-2H3,(H,41,42). The average molecular weight is 663 g/mol. The summed E-state index contributed by atoms with van der Waals surface area (Å²) in [6.45, 7) is 3.87. The first-order valence-corrected chi connectivity index (χ1v) is 15.1. The van der Waals surface area contributed by atoms with Gasteiger partial charge in [0.25, 0.3) is 0 Å². The predicted octanol–water partition coefficient (Wildman–Crippen LogP) is 7.97. The zero-order valence-corrected chi connectivity index (χ0v) is 26.0. The molecule has 228 valence electrons. The zero-order chi connectivity index (χ0) is 31.2. The van der Waals surface area contributed by atoms with Crippen molar-refractivity contribution in [3.63, 3.8) is 0 Å². The quantitative estimate of drug-likeness (QED) is 0.124. The van der Waals surface area contributed by atoms with Crippen LogP contribution in [0.4, 0.5) is 21.5 Å². The molecule has 1 aliphatic rings. The predicted molar refractivity (Wildman–Crippen MR) is 172 cm³/mol. The molecule has 4 aromatic carbocycles. The Bertz CT molecular complexity index is 1630. The largest absolute Gasteiger partial charge is 0.496 e. The molecule has 4 aromatic rings. The first kappa shape index (κ1) is 31.0. The summed E-state index contributed by atoms with van der Waals surface area (Å²) in [6.07, 6.45) is 4.15. The van der Waals surface area contributed by atoms with Gasteiger partial charge < -0.3 is 24.3 Å². The van der Waals surface area contributed by atoms with Gasteiger partial charge in [0.05, 0.1) is 24.2 Å². The van der Waals surface area contributed by atoms with E-state index in [1.807, 2.05) is 48.3 Å². The number of carbonyl (C=O) groups is 2. The molecule has 0 spiro atoms. The second-order valence-electron chi connectivity index (χ2n) is 10.5. The van der Waals surface area contributed by atoms with Crippen molar-refractivity contribution in [2.75, 3.05) is 30.1 Å². The van der Waals surface area contributed by atoms with Crippen molar-refractivity contribution in [3.8, 4) is 17.2 Å². The molecule has 0 aromatic heterocycles. The minimum Gasteiger partial charge on any atom is -0.496 e. The van der Waals surface area contributed by atoms with Crippen LogP contribution in [-0.2, 0) is 4.79 Å². The number of methoxy groups -OCH3 is 1. The first-order chi connectivity index (χ1) is 21.3. The monoisotopic (exact) mass is 661 g/mol. The minimum atomic E-state index is -1.14. The van der Waals surface area contributed by atoms with Crippen LogP contribution in [0.15, 0.2) is 83.3 Å². The Labute approximate surface area is 264 Å². The molecule has 1 saturated heterocycles. The highest BCUT2D eigenvalue weighted by Crippen LogP contribution is 2.40. The summed E-state index contributed by atoms with van der Waals surface area (Å²) in [6, 6.07) is 21.4. The fourth-order valence-electron chi connectivity index (χ4n) is 5.35. The summed E-state index contributed by atoms with van der Waals surface area (Å²) >= 11 is 3.48. The van der Waals surface area contributed by atoms with Crippen molar-refractivity contribution in [2.24, 2.45) is 0 Å². The number of aromatic carboxylic acids is 1. The second kappa shape index (κ2) is 13.9. The van der Waals surface area contributed by atoms with Crippen molar-refractivity contribution in [1.29, 1.82) is 0 Å². The van der Waals surface area contributed by atoms with Crippen LogP contribution in [0.1, 0.15) is 46.8 Å². The van der Waals surface area contributed by atoms with Gasteiger partial charge in [-0.1, -0.05) is 28.1 Å². The van der Waals surface area contributed by atoms with Crippen LogP contribution in [0, 0.1) is 12.7 Å². The molecular weight excluding hydrogens is 629 g/mol. The molecular formula is C34H33BrFN3O5. The van der Waals surface area contributed by atoms with Crippen LogP contribution in [0.5, 0.6) is 17.2 Å². The van der Waals surface area contributed by atoms with Gasteiger partial charge in [0.15, 0.2) is 0 Å². The third-order valence-corrected chi connectivity index (χ3v) is 8.26. The number of aryl methyl sites for hydroxylation is 1. The van der Waals surface area contributed by atoms with Gasteiger partial charge in [-0.3, -0.25) is 5.01 Å². The summed E-state index contributed by atoms with van der Waals surface area (Å²) in [5, 5.41) is 11.5. The number of para-hydroxylation sites is 1. The molecule has 0 saturated carbocycles. The smallest absolute Gasteiger partial charge is 0.339 e. The van der Waals surface area contributed by atoms with E-state index < -0.39 is 12.0 Å². The van der Waals surface area contributed by atoms with E-state index in [1.54, 1.807) is 18.2 Å². The van der Waals surface area contributed by atoms with Crippen molar-refractivity contribution >= 4 is 45.2 Å². The molecule has 1 atom stereocenters. The first-order valence-electron chi connectivity index (χ1n) is 14.3. The van der Waals surface area contributed by atoms with Gasteiger partial charge in [-0.15, -0.1) is 0 Å². The van der Waals surface area contributed by atoms with Gasteiger partial charge >= 0.3 is 5.97 Å². The lowest BCUT2D eigenvalue weighted by Gasteiger charge is -2.37. The zero-order valence-electron chi connectivity index (χ0n) is 24.4. The lowest BCUT2D eigenvalue weighted by molar-refractivity contribution is -0.109. The molecule has 0 bridgehead atoms. The van der Waals surface area contributed by atoms with Crippen molar-refractivity contribution < 1.29 is 28.6 Å². The number of anilines is 3. The van der Waals surface area contributed by atoms with Gasteiger partial charge in [-0.05, 0) is 104 Å². The van der Waals surface area contributed by atoms with Gasteiger partial charge in [0.1, 0.15) is 41.0 Å². The van der Waals surface area contributed by atoms with E-state index in [2.05, 4.69) is 32.3 Å². The number of carbonyl (C=O) groups excluding carboxylic acids is 1. The Morgan fingerprint density at radius 3 is 2.30 bits per heavy atom. The summed E-state index contributed by atoms with van der Waals surface area (Å²) in [7, 11) is 1.39. The Morgan fingerprint density at radius 2 is 1.68 bits per heavy atom. The van der Waals surface area contributed by atoms with E-state index >= 15 is 0 Å². The molecule has 2 N–H and O–H groups in total. The van der Waals surface area contributed by atoms with E-state index in [-0.39, 0.29) is 17.1 Å². The Balaban J connectivity index is 1.57. The summed E-state index contributed by atoms with van der Waals surface area (Å²) in [5.74, 6) is -0.276. The van der Waals surface area contributed by atoms with Crippen molar-refractivity contribution in [2.45, 2.75) is 32.2 Å². The summed E-state index contributed by atoms with van der Waals surface area (Å²) in [5.41, 5.74) is 7.56. The molecule has 0 amide bonds. The number of carboxylic acids is 1. The lowest BCUT2D eigenvalue weighted by Crippen LogP contribution is -2.40. The molecule has 1 heterocycles. The number of benzene rings is 4. The Hall–Kier alpha value is -4.41. The van der Waals surface area contributed by atoms with Crippen LogP contribution in [0.2, 0.25) is 0 Å². The lowest BCUT2D eigenvalue weighted by atomic mass is 10.0. The summed E-state index contributed by atoms with van der Waals surface area (Å²) in [4.78, 5) is 26.9. The molecule has 8 nitrogen and oxygen atoms in total. The summed E-state index contributed by atoms with van der Waals surface area (Å²) < 4.78 is 25.1. The van der Waals surface area contributed by atoms with Crippen LogP contribution in [-0.4, -0.2) is 37.6 Å². The number of halogens is 2. The SMILES string of the molecule is COc1cc(C(C=O)NN(c2ccc(Oc3ccc(F)cc3)cc2)c2c(C)cccc2N2CCCCC2)c(Br)cc1C(=O)O. The number of nitrogens with zero attached hydrogens (tertiary/aromatic N) is 2. The van der Waals surface area contributed by atoms with E-state index in [0.29, 0.717) is 21.5 Å². The third kappa shape index (κ3) is 6.87. The number of hydrazine groups is 1. The van der Waals surface area contributed by atoms with Gasteiger partial charge in [0.2, 0.25) is 0 Å². The van der Waals surface area contributed by atoms with E-state index in [0.717, 1.165) is 54.8 Å². The van der Waals surface area contributed by atoms with Crippen LogP contribution in [0.3, 0.4) is 0 Å². The van der Waals surface area contributed by atoms with E-state index in [1.165, 1.54) is 31.7 Å². The van der Waals surface area contributed by atoms with Gasteiger partial charge in [-0.25, -0.2) is 14.6 Å². The van der Waals surface area contributed by atoms with Gasteiger partial charge in [0, 0.05) is 17.6 Å². The molecule has 1 aliphatic heterocycles. The second-order valence-corrected chi connectivity index (χ2v) is 11.4. The highest BCUT2D eigenvalue weighted by molar-refractivity contribution is 9.10. The van der Waals surface area contributed by atoms with Crippen molar-refractivity contribution in [3.05, 3.63) is 106 Å². The number of aldehydes is 1. The van der Waals surface area contributed by atoms with Crippen molar-refractivity contribution in [1.82, 2.24) is 5.43 Å².